The standard InChI is InChI=1S/C12H14N2O2/c1-3-7-14(8-4-2)10-5-6-13-11(9-10)12(15)16/h1,5-6,9H,4,7-8H2,2H3,(H,15,16). The fraction of sp³-hybridized carbons (Fsp3) is 0.333. The van der Waals surface area contributed by atoms with Gasteiger partial charge in [0.1, 0.15) is 5.69 Å². The van der Waals surface area contributed by atoms with E-state index in [0.717, 1.165) is 18.7 Å². The lowest BCUT2D eigenvalue weighted by Crippen LogP contribution is -2.24. The number of aromatic nitrogens is 1. The largest absolute Gasteiger partial charge is 0.477 e. The minimum absolute atomic E-state index is 0.0376. The molecule has 1 rings (SSSR count). The molecule has 1 N–H and O–H groups in total. The maximum Gasteiger partial charge on any atom is 0.354 e. The summed E-state index contributed by atoms with van der Waals surface area (Å²) >= 11 is 0. The fourth-order valence-electron chi connectivity index (χ4n) is 1.41. The number of hydrogen-bond acceptors (Lipinski definition) is 3. The Hall–Kier alpha value is -2.02. The Morgan fingerprint density at radius 3 is 3.00 bits per heavy atom. The van der Waals surface area contributed by atoms with Crippen LogP contribution in [0.1, 0.15) is 23.8 Å². The van der Waals surface area contributed by atoms with Crippen molar-refractivity contribution in [3.8, 4) is 12.3 Å². The number of carboxylic acids is 1. The number of carboxylic acid groups (broad SMARTS) is 1. The highest BCUT2D eigenvalue weighted by molar-refractivity contribution is 5.86. The number of nitrogens with zero attached hydrogens (tertiary/aromatic N) is 2. The van der Waals surface area contributed by atoms with Gasteiger partial charge < -0.3 is 10.0 Å². The highest BCUT2D eigenvalue weighted by atomic mass is 16.4. The van der Waals surface area contributed by atoms with E-state index in [9.17, 15) is 4.79 Å². The Balaban J connectivity index is 2.96. The molecule has 4 nitrogen and oxygen atoms in total. The maximum absolute atomic E-state index is 10.8. The zero-order chi connectivity index (χ0) is 12.0. The van der Waals surface area contributed by atoms with E-state index < -0.39 is 5.97 Å². The molecule has 0 aromatic carbocycles. The molecule has 16 heavy (non-hydrogen) atoms. The average molecular weight is 218 g/mol. The van der Waals surface area contributed by atoms with Gasteiger partial charge in [0.05, 0.1) is 6.54 Å². The fourth-order valence-corrected chi connectivity index (χ4v) is 1.41. The van der Waals surface area contributed by atoms with Gasteiger partial charge in [-0.15, -0.1) is 6.42 Å². The van der Waals surface area contributed by atoms with Gasteiger partial charge in [0.15, 0.2) is 0 Å². The van der Waals surface area contributed by atoms with Crippen LogP contribution in [0.5, 0.6) is 0 Å². The molecule has 1 aromatic rings. The number of aromatic carboxylic acids is 1. The zero-order valence-corrected chi connectivity index (χ0v) is 9.18. The number of terminal acetylenes is 1. The summed E-state index contributed by atoms with van der Waals surface area (Å²) in [7, 11) is 0. The van der Waals surface area contributed by atoms with Crippen LogP contribution in [0.3, 0.4) is 0 Å². The third-order valence-electron chi connectivity index (χ3n) is 2.10. The molecule has 0 unspecified atom stereocenters. The van der Waals surface area contributed by atoms with Gasteiger partial charge in [0.2, 0.25) is 0 Å². The monoisotopic (exact) mass is 218 g/mol. The number of anilines is 1. The van der Waals surface area contributed by atoms with Crippen molar-refractivity contribution >= 4 is 11.7 Å². The first-order valence-corrected chi connectivity index (χ1v) is 5.06. The molecule has 1 heterocycles. The Kier molecular flexibility index (Phi) is 4.34. The normalized spacial score (nSPS) is 9.50. The van der Waals surface area contributed by atoms with Crippen molar-refractivity contribution in [2.45, 2.75) is 13.3 Å². The SMILES string of the molecule is C#CCN(CCC)c1ccnc(C(=O)O)c1. The first kappa shape index (κ1) is 12.1. The zero-order valence-electron chi connectivity index (χ0n) is 9.18. The molecular weight excluding hydrogens is 204 g/mol. The maximum atomic E-state index is 10.8. The van der Waals surface area contributed by atoms with Crippen molar-refractivity contribution in [1.29, 1.82) is 0 Å². The van der Waals surface area contributed by atoms with Crippen LogP contribution in [-0.2, 0) is 0 Å². The average Bonchev–Trinajstić information content (AvgIpc) is 2.29. The first-order valence-electron chi connectivity index (χ1n) is 5.06. The van der Waals surface area contributed by atoms with Crippen LogP contribution in [0.4, 0.5) is 5.69 Å². The Bertz CT molecular complexity index is 410. The molecule has 0 bridgehead atoms. The van der Waals surface area contributed by atoms with Crippen molar-refractivity contribution in [2.75, 3.05) is 18.0 Å². The van der Waals surface area contributed by atoms with Crippen molar-refractivity contribution in [1.82, 2.24) is 4.98 Å². The smallest absolute Gasteiger partial charge is 0.354 e. The summed E-state index contributed by atoms with van der Waals surface area (Å²) in [6, 6.07) is 3.30. The van der Waals surface area contributed by atoms with Crippen LogP contribution in [0.25, 0.3) is 0 Å². The minimum Gasteiger partial charge on any atom is -0.477 e. The van der Waals surface area contributed by atoms with Crippen LogP contribution in [0.15, 0.2) is 18.3 Å². The number of rotatable bonds is 5. The van der Waals surface area contributed by atoms with Gasteiger partial charge in [-0.05, 0) is 18.6 Å². The lowest BCUT2D eigenvalue weighted by atomic mass is 10.2. The molecule has 0 aliphatic carbocycles. The second-order valence-electron chi connectivity index (χ2n) is 3.33. The molecule has 0 radical (unpaired) electrons. The molecule has 0 spiro atoms. The Morgan fingerprint density at radius 2 is 2.44 bits per heavy atom. The van der Waals surface area contributed by atoms with Crippen molar-refractivity contribution < 1.29 is 9.90 Å². The van der Waals surface area contributed by atoms with E-state index in [4.69, 9.17) is 11.5 Å². The minimum atomic E-state index is -1.03. The summed E-state index contributed by atoms with van der Waals surface area (Å²) in [5.41, 5.74) is 0.836. The van der Waals surface area contributed by atoms with Crippen LogP contribution >= 0.6 is 0 Å². The van der Waals surface area contributed by atoms with Crippen molar-refractivity contribution in [3.63, 3.8) is 0 Å². The lowest BCUT2D eigenvalue weighted by molar-refractivity contribution is 0.0690. The third kappa shape index (κ3) is 2.99. The van der Waals surface area contributed by atoms with Crippen molar-refractivity contribution in [2.24, 2.45) is 0 Å². The summed E-state index contributed by atoms with van der Waals surface area (Å²) in [6.07, 6.45) is 7.71. The topological polar surface area (TPSA) is 53.4 Å². The van der Waals surface area contributed by atoms with E-state index in [1.54, 1.807) is 6.07 Å². The summed E-state index contributed by atoms with van der Waals surface area (Å²) in [5.74, 6) is 1.53. The van der Waals surface area contributed by atoms with E-state index in [1.807, 2.05) is 11.8 Å². The highest BCUT2D eigenvalue weighted by Gasteiger charge is 2.09. The number of pyridine rings is 1. The van der Waals surface area contributed by atoms with Gasteiger partial charge in [-0.1, -0.05) is 12.8 Å². The van der Waals surface area contributed by atoms with E-state index >= 15 is 0 Å². The van der Waals surface area contributed by atoms with Gasteiger partial charge in [0.25, 0.3) is 0 Å². The predicted octanol–water partition coefficient (Wildman–Crippen LogP) is 1.63. The molecule has 84 valence electrons. The van der Waals surface area contributed by atoms with Gasteiger partial charge in [0, 0.05) is 18.4 Å². The Labute approximate surface area is 94.9 Å². The van der Waals surface area contributed by atoms with E-state index in [1.165, 1.54) is 12.3 Å². The van der Waals surface area contributed by atoms with E-state index in [2.05, 4.69) is 10.9 Å². The summed E-state index contributed by atoms with van der Waals surface area (Å²) < 4.78 is 0. The summed E-state index contributed by atoms with van der Waals surface area (Å²) in [5, 5.41) is 8.83. The molecule has 0 aliphatic heterocycles. The second-order valence-corrected chi connectivity index (χ2v) is 3.33. The molecule has 0 saturated heterocycles. The molecule has 0 aliphatic rings. The molecule has 0 saturated carbocycles. The first-order chi connectivity index (χ1) is 7.69. The van der Waals surface area contributed by atoms with Crippen molar-refractivity contribution in [3.05, 3.63) is 24.0 Å². The molecule has 1 aromatic heterocycles. The Morgan fingerprint density at radius 1 is 1.69 bits per heavy atom. The molecule has 0 amide bonds. The van der Waals surface area contributed by atoms with Gasteiger partial charge in [-0.2, -0.15) is 0 Å². The van der Waals surface area contributed by atoms with Crippen LogP contribution in [-0.4, -0.2) is 29.1 Å². The molecule has 0 fully saturated rings. The van der Waals surface area contributed by atoms with Gasteiger partial charge >= 0.3 is 5.97 Å². The quantitative estimate of drug-likeness (QED) is 0.763. The summed E-state index contributed by atoms with van der Waals surface area (Å²) in [6.45, 7) is 3.31. The van der Waals surface area contributed by atoms with E-state index in [0.29, 0.717) is 6.54 Å². The van der Waals surface area contributed by atoms with Crippen LogP contribution in [0.2, 0.25) is 0 Å². The summed E-state index contributed by atoms with van der Waals surface area (Å²) in [4.78, 5) is 16.5. The number of hydrogen-bond donors (Lipinski definition) is 1. The second kappa shape index (κ2) is 5.76. The molecular formula is C12H14N2O2. The molecule has 0 atom stereocenters. The highest BCUT2D eigenvalue weighted by Crippen LogP contribution is 2.14. The van der Waals surface area contributed by atoms with E-state index in [-0.39, 0.29) is 5.69 Å². The van der Waals surface area contributed by atoms with Crippen LogP contribution < -0.4 is 4.90 Å². The van der Waals surface area contributed by atoms with Crippen LogP contribution in [0, 0.1) is 12.3 Å². The van der Waals surface area contributed by atoms with Gasteiger partial charge in [-0.25, -0.2) is 9.78 Å². The predicted molar refractivity (Wildman–Crippen MR) is 62.5 cm³/mol. The molecule has 4 heteroatoms. The lowest BCUT2D eigenvalue weighted by Gasteiger charge is -2.21. The third-order valence-corrected chi connectivity index (χ3v) is 2.10. The number of carbonyl (C=O) groups is 1. The van der Waals surface area contributed by atoms with Gasteiger partial charge in [-0.3, -0.25) is 0 Å².